The van der Waals surface area contributed by atoms with E-state index in [0.29, 0.717) is 0 Å². The van der Waals surface area contributed by atoms with E-state index in [4.69, 9.17) is 4.74 Å². The molecule has 0 fully saturated rings. The first kappa shape index (κ1) is 15.5. The van der Waals surface area contributed by atoms with E-state index in [1.165, 1.54) is 11.1 Å². The molecule has 1 aromatic carbocycles. The van der Waals surface area contributed by atoms with Gasteiger partial charge >= 0.3 is 0 Å². The van der Waals surface area contributed by atoms with Crippen LogP contribution in [0.2, 0.25) is 0 Å². The molecule has 1 aliphatic rings. The fourth-order valence-corrected chi connectivity index (χ4v) is 2.17. The lowest BCUT2D eigenvalue weighted by Gasteiger charge is -2.23. The van der Waals surface area contributed by atoms with Crippen molar-refractivity contribution in [3.8, 4) is 0 Å². The van der Waals surface area contributed by atoms with Crippen molar-refractivity contribution in [3.63, 3.8) is 0 Å². The number of hydrogen-bond donors (Lipinski definition) is 1. The van der Waals surface area contributed by atoms with E-state index in [0.717, 1.165) is 17.1 Å². The molecule has 1 unspecified atom stereocenters. The Morgan fingerprint density at radius 3 is 2.52 bits per heavy atom. The van der Waals surface area contributed by atoms with Gasteiger partial charge in [-0.05, 0) is 57.9 Å². The van der Waals surface area contributed by atoms with Gasteiger partial charge in [-0.3, -0.25) is 0 Å². The number of rotatable bonds is 4. The number of benzene rings is 1. The highest BCUT2D eigenvalue weighted by Crippen LogP contribution is 2.25. The summed E-state index contributed by atoms with van der Waals surface area (Å²) in [6.45, 7) is 10.3. The number of methoxy groups -OCH3 is 1. The molecule has 0 aliphatic carbocycles. The molecule has 2 rings (SSSR count). The van der Waals surface area contributed by atoms with Gasteiger partial charge < -0.3 is 10.2 Å². The van der Waals surface area contributed by atoms with Crippen LogP contribution in [0.4, 0.5) is 5.69 Å². The van der Waals surface area contributed by atoms with Gasteiger partial charge in [-0.25, -0.2) is 5.01 Å². The largest absolute Gasteiger partial charge is 0.354 e. The Morgan fingerprint density at radius 1 is 1.24 bits per heavy atom. The van der Waals surface area contributed by atoms with Crippen LogP contribution in [0.5, 0.6) is 0 Å². The molecule has 0 bridgehead atoms. The summed E-state index contributed by atoms with van der Waals surface area (Å²) in [6, 6.07) is 6.56. The van der Waals surface area contributed by atoms with Crippen LogP contribution in [-0.4, -0.2) is 30.8 Å². The number of nitrogens with zero attached hydrogens (tertiary/aromatic N) is 3. The Bertz CT molecular complexity index is 578. The lowest BCUT2D eigenvalue weighted by Crippen LogP contribution is -2.37. The maximum absolute atomic E-state index is 5.60. The molecule has 114 valence electrons. The predicted octanol–water partition coefficient (Wildman–Crippen LogP) is 2.83. The van der Waals surface area contributed by atoms with E-state index in [1.807, 2.05) is 25.8 Å². The summed E-state index contributed by atoms with van der Waals surface area (Å²) in [6.07, 6.45) is -0.293. The van der Waals surface area contributed by atoms with Crippen molar-refractivity contribution >= 4 is 17.1 Å². The SMILES string of the molecule is COC1/C(=N/NC(C)C)C(C)=NN1c1ccc(C)c(C)c1. The van der Waals surface area contributed by atoms with E-state index < -0.39 is 0 Å². The molecule has 0 aromatic heterocycles. The van der Waals surface area contributed by atoms with Gasteiger partial charge in [-0.15, -0.1) is 0 Å². The van der Waals surface area contributed by atoms with Crippen LogP contribution in [0.3, 0.4) is 0 Å². The summed E-state index contributed by atoms with van der Waals surface area (Å²) in [5.74, 6) is 0. The predicted molar refractivity (Wildman–Crippen MR) is 88.0 cm³/mol. The number of aryl methyl sites for hydroxylation is 2. The number of ether oxygens (including phenoxy) is 1. The van der Waals surface area contributed by atoms with E-state index in [1.54, 1.807) is 7.11 Å². The van der Waals surface area contributed by atoms with E-state index in [-0.39, 0.29) is 12.3 Å². The minimum Gasteiger partial charge on any atom is -0.354 e. The maximum Gasteiger partial charge on any atom is 0.196 e. The van der Waals surface area contributed by atoms with Crippen molar-refractivity contribution < 1.29 is 4.74 Å². The standard InChI is InChI=1S/C16H24N4O/c1-10(2)17-18-15-13(5)19-20(16(15)21-6)14-8-7-11(3)12(4)9-14/h7-10,16-17H,1-6H3/b18-15+. The second kappa shape index (κ2) is 6.26. The van der Waals surface area contributed by atoms with Crippen LogP contribution in [0, 0.1) is 13.8 Å². The Balaban J connectivity index is 2.33. The molecule has 0 amide bonds. The third kappa shape index (κ3) is 3.24. The Hall–Kier alpha value is -1.88. The molecule has 0 saturated heterocycles. The monoisotopic (exact) mass is 288 g/mol. The van der Waals surface area contributed by atoms with Crippen molar-refractivity contribution in [3.05, 3.63) is 29.3 Å². The highest BCUT2D eigenvalue weighted by molar-refractivity contribution is 6.45. The minimum absolute atomic E-state index is 0.276. The molecule has 1 aromatic rings. The first-order valence-corrected chi connectivity index (χ1v) is 7.22. The van der Waals surface area contributed by atoms with Crippen molar-refractivity contribution in [2.24, 2.45) is 10.2 Å². The molecule has 1 N–H and O–H groups in total. The molecule has 0 radical (unpaired) electrons. The average molecular weight is 288 g/mol. The molecule has 1 atom stereocenters. The Labute approximate surface area is 126 Å². The number of anilines is 1. The van der Waals surface area contributed by atoms with Gasteiger partial charge in [-0.1, -0.05) is 6.07 Å². The molecule has 0 saturated carbocycles. The smallest absolute Gasteiger partial charge is 0.196 e. The Morgan fingerprint density at radius 2 is 1.95 bits per heavy atom. The van der Waals surface area contributed by atoms with Crippen LogP contribution in [0.1, 0.15) is 31.9 Å². The number of nitrogens with one attached hydrogen (secondary N) is 1. The van der Waals surface area contributed by atoms with Crippen LogP contribution >= 0.6 is 0 Å². The normalized spacial score (nSPS) is 20.3. The molecule has 5 heteroatoms. The van der Waals surface area contributed by atoms with Crippen molar-refractivity contribution in [1.82, 2.24) is 5.43 Å². The van der Waals surface area contributed by atoms with Gasteiger partial charge in [0, 0.05) is 13.2 Å². The molecule has 1 heterocycles. The highest BCUT2D eigenvalue weighted by Gasteiger charge is 2.33. The number of hydrogen-bond acceptors (Lipinski definition) is 5. The summed E-state index contributed by atoms with van der Waals surface area (Å²) >= 11 is 0. The summed E-state index contributed by atoms with van der Waals surface area (Å²) < 4.78 is 5.60. The second-order valence-electron chi connectivity index (χ2n) is 5.67. The van der Waals surface area contributed by atoms with Gasteiger partial charge in [0.15, 0.2) is 6.23 Å². The zero-order valence-corrected chi connectivity index (χ0v) is 13.6. The average Bonchev–Trinajstić information content (AvgIpc) is 2.75. The first-order chi connectivity index (χ1) is 9.93. The van der Waals surface area contributed by atoms with Gasteiger partial charge in [0.25, 0.3) is 0 Å². The van der Waals surface area contributed by atoms with Gasteiger partial charge in [0.2, 0.25) is 0 Å². The Kier molecular flexibility index (Phi) is 4.63. The van der Waals surface area contributed by atoms with Crippen molar-refractivity contribution in [2.75, 3.05) is 12.1 Å². The third-order valence-corrected chi connectivity index (χ3v) is 3.51. The summed E-state index contributed by atoms with van der Waals surface area (Å²) in [5.41, 5.74) is 8.28. The summed E-state index contributed by atoms with van der Waals surface area (Å²) in [4.78, 5) is 0. The molecule has 0 spiro atoms. The molecular weight excluding hydrogens is 264 g/mol. The van der Waals surface area contributed by atoms with E-state index >= 15 is 0 Å². The maximum atomic E-state index is 5.60. The third-order valence-electron chi connectivity index (χ3n) is 3.51. The minimum atomic E-state index is -0.293. The highest BCUT2D eigenvalue weighted by atomic mass is 16.5. The van der Waals surface area contributed by atoms with E-state index in [2.05, 4.69) is 47.7 Å². The molecule has 5 nitrogen and oxygen atoms in total. The van der Waals surface area contributed by atoms with Crippen LogP contribution in [0.25, 0.3) is 0 Å². The first-order valence-electron chi connectivity index (χ1n) is 7.22. The van der Waals surface area contributed by atoms with Crippen molar-refractivity contribution in [2.45, 2.75) is 46.9 Å². The lowest BCUT2D eigenvalue weighted by molar-refractivity contribution is 0.156. The summed E-state index contributed by atoms with van der Waals surface area (Å²) in [5, 5.41) is 10.9. The second-order valence-corrected chi connectivity index (χ2v) is 5.67. The topological polar surface area (TPSA) is 49.2 Å². The van der Waals surface area contributed by atoms with Crippen LogP contribution in [-0.2, 0) is 4.74 Å². The lowest BCUT2D eigenvalue weighted by atomic mass is 10.1. The van der Waals surface area contributed by atoms with E-state index in [9.17, 15) is 0 Å². The quantitative estimate of drug-likeness (QED) is 0.867. The molecule has 1 aliphatic heterocycles. The molecule has 21 heavy (non-hydrogen) atoms. The van der Waals surface area contributed by atoms with Crippen molar-refractivity contribution in [1.29, 1.82) is 0 Å². The van der Waals surface area contributed by atoms with Crippen LogP contribution < -0.4 is 10.4 Å². The zero-order chi connectivity index (χ0) is 15.6. The fourth-order valence-electron chi connectivity index (χ4n) is 2.17. The van der Waals surface area contributed by atoms with Crippen LogP contribution in [0.15, 0.2) is 28.4 Å². The zero-order valence-electron chi connectivity index (χ0n) is 13.6. The van der Waals surface area contributed by atoms with Gasteiger partial charge in [0.05, 0.1) is 11.4 Å². The summed E-state index contributed by atoms with van der Waals surface area (Å²) in [7, 11) is 1.68. The fraction of sp³-hybridized carbons (Fsp3) is 0.500. The van der Waals surface area contributed by atoms with Gasteiger partial charge in [0.1, 0.15) is 5.71 Å². The van der Waals surface area contributed by atoms with Gasteiger partial charge in [-0.2, -0.15) is 10.2 Å². The molecular formula is C16H24N4O. The number of hydrazone groups is 2.